The van der Waals surface area contributed by atoms with Crippen molar-refractivity contribution in [3.05, 3.63) is 41.1 Å². The van der Waals surface area contributed by atoms with Crippen LogP contribution in [0.5, 0.6) is 5.75 Å². The zero-order valence-corrected chi connectivity index (χ0v) is 14.8. The molecule has 0 saturated carbocycles. The van der Waals surface area contributed by atoms with Crippen LogP contribution in [-0.2, 0) is 4.74 Å². The lowest BCUT2D eigenvalue weighted by Gasteiger charge is -2.36. The molecule has 1 aromatic heterocycles. The summed E-state index contributed by atoms with van der Waals surface area (Å²) in [4.78, 5) is 4.58. The zero-order valence-electron chi connectivity index (χ0n) is 14.8. The molecule has 3 rings (SSSR count). The van der Waals surface area contributed by atoms with Gasteiger partial charge >= 0.3 is 0 Å². The van der Waals surface area contributed by atoms with Crippen molar-refractivity contribution in [1.82, 2.24) is 4.98 Å². The molecule has 0 amide bonds. The Hall–Kier alpha value is -2.58. The molecular weight excluding hydrogens is 314 g/mol. The Morgan fingerprint density at radius 2 is 2.16 bits per heavy atom. The molecule has 1 unspecified atom stereocenters. The van der Waals surface area contributed by atoms with Gasteiger partial charge in [-0.25, -0.2) is 4.98 Å². The van der Waals surface area contributed by atoms with E-state index < -0.39 is 0 Å². The molecule has 5 nitrogen and oxygen atoms in total. The number of nitrogen functional groups attached to an aromatic ring is 1. The van der Waals surface area contributed by atoms with Gasteiger partial charge in [0, 0.05) is 23.8 Å². The molecule has 1 saturated heterocycles. The van der Waals surface area contributed by atoms with Crippen molar-refractivity contribution >= 4 is 5.82 Å². The fraction of sp³-hybridized carbons (Fsp3) is 0.400. The summed E-state index contributed by atoms with van der Waals surface area (Å²) in [5.74, 6) is 0.630. The third-order valence-electron chi connectivity index (χ3n) is 4.84. The lowest BCUT2D eigenvalue weighted by atomic mass is 9.82. The molecule has 0 spiro atoms. The second-order valence-electron chi connectivity index (χ2n) is 7.22. The van der Waals surface area contributed by atoms with Gasteiger partial charge in [-0.05, 0) is 56.9 Å². The van der Waals surface area contributed by atoms with Crippen LogP contribution in [0.1, 0.15) is 49.4 Å². The van der Waals surface area contributed by atoms with Crippen LogP contribution in [0.15, 0.2) is 24.3 Å². The number of nitrogens with zero attached hydrogens (tertiary/aromatic N) is 2. The number of benzene rings is 1. The molecule has 0 bridgehead atoms. The van der Waals surface area contributed by atoms with Crippen molar-refractivity contribution < 1.29 is 9.84 Å². The van der Waals surface area contributed by atoms with Gasteiger partial charge < -0.3 is 15.6 Å². The van der Waals surface area contributed by atoms with Crippen molar-refractivity contribution in [3.63, 3.8) is 0 Å². The summed E-state index contributed by atoms with van der Waals surface area (Å²) in [6, 6.07) is 9.07. The summed E-state index contributed by atoms with van der Waals surface area (Å²) in [5, 5.41) is 19.4. The summed E-state index contributed by atoms with van der Waals surface area (Å²) in [7, 11) is 0. The number of ether oxygens (including phenoxy) is 1. The first-order valence-corrected chi connectivity index (χ1v) is 8.46. The molecule has 1 aromatic carbocycles. The van der Waals surface area contributed by atoms with E-state index in [9.17, 15) is 10.4 Å². The first kappa shape index (κ1) is 17.2. The Kier molecular flexibility index (Phi) is 4.40. The van der Waals surface area contributed by atoms with E-state index in [4.69, 9.17) is 10.5 Å². The van der Waals surface area contributed by atoms with Crippen molar-refractivity contribution in [1.29, 1.82) is 5.26 Å². The minimum atomic E-state index is -0.203. The first-order valence-electron chi connectivity index (χ1n) is 8.46. The van der Waals surface area contributed by atoms with Gasteiger partial charge in [-0.3, -0.25) is 0 Å². The molecule has 1 aliphatic heterocycles. The smallest absolute Gasteiger partial charge is 0.142 e. The SMILES string of the molecule is Cc1c(C2CCOC(C)(C)C2)nc(N)c(C#N)c1-c1cccc(O)c1. The van der Waals surface area contributed by atoms with Crippen LogP contribution in [0, 0.1) is 18.3 Å². The Balaban J connectivity index is 2.18. The standard InChI is InChI=1S/C20H23N3O2/c1-12-17(13-5-4-6-15(24)9-13)16(11-21)19(22)23-18(12)14-7-8-25-20(2,3)10-14/h4-6,9,14,24H,7-8,10H2,1-3H3,(H2,22,23). The molecule has 0 aliphatic carbocycles. The average Bonchev–Trinajstić information content (AvgIpc) is 2.55. The van der Waals surface area contributed by atoms with Crippen LogP contribution in [0.25, 0.3) is 11.1 Å². The van der Waals surface area contributed by atoms with Crippen LogP contribution in [0.2, 0.25) is 0 Å². The van der Waals surface area contributed by atoms with Gasteiger partial charge in [0.25, 0.3) is 0 Å². The number of aromatic hydroxyl groups is 1. The van der Waals surface area contributed by atoms with E-state index in [0.29, 0.717) is 12.2 Å². The van der Waals surface area contributed by atoms with E-state index in [-0.39, 0.29) is 23.1 Å². The molecule has 25 heavy (non-hydrogen) atoms. The van der Waals surface area contributed by atoms with E-state index in [0.717, 1.165) is 35.2 Å². The van der Waals surface area contributed by atoms with Gasteiger partial charge in [0.2, 0.25) is 0 Å². The van der Waals surface area contributed by atoms with E-state index in [1.807, 2.05) is 13.0 Å². The summed E-state index contributed by atoms with van der Waals surface area (Å²) in [6.45, 7) is 6.82. The molecule has 1 fully saturated rings. The Morgan fingerprint density at radius 1 is 1.40 bits per heavy atom. The number of nitrogens with two attached hydrogens (primary N) is 1. The minimum absolute atomic E-state index is 0.157. The molecule has 1 aliphatic rings. The van der Waals surface area contributed by atoms with E-state index in [2.05, 4.69) is 24.9 Å². The van der Waals surface area contributed by atoms with Gasteiger partial charge in [0.1, 0.15) is 23.2 Å². The monoisotopic (exact) mass is 337 g/mol. The lowest BCUT2D eigenvalue weighted by molar-refractivity contribution is -0.0598. The van der Waals surface area contributed by atoms with Gasteiger partial charge in [-0.2, -0.15) is 5.26 Å². The number of hydrogen-bond acceptors (Lipinski definition) is 5. The van der Waals surface area contributed by atoms with Crippen LogP contribution >= 0.6 is 0 Å². The zero-order chi connectivity index (χ0) is 18.2. The van der Waals surface area contributed by atoms with E-state index >= 15 is 0 Å². The normalized spacial score (nSPS) is 19.4. The van der Waals surface area contributed by atoms with E-state index in [1.165, 1.54) is 0 Å². The van der Waals surface area contributed by atoms with Gasteiger partial charge in [-0.1, -0.05) is 12.1 Å². The molecule has 2 heterocycles. The minimum Gasteiger partial charge on any atom is -0.508 e. The summed E-state index contributed by atoms with van der Waals surface area (Å²) in [5.41, 5.74) is 9.67. The molecule has 0 radical (unpaired) electrons. The highest BCUT2D eigenvalue weighted by Crippen LogP contribution is 2.40. The average molecular weight is 337 g/mol. The Morgan fingerprint density at radius 3 is 2.80 bits per heavy atom. The number of phenols is 1. The predicted octanol–water partition coefficient (Wildman–Crippen LogP) is 3.89. The Bertz CT molecular complexity index is 853. The number of anilines is 1. The fourth-order valence-electron chi connectivity index (χ4n) is 3.71. The maximum atomic E-state index is 9.84. The predicted molar refractivity (Wildman–Crippen MR) is 97.2 cm³/mol. The highest BCUT2D eigenvalue weighted by atomic mass is 16.5. The molecular formula is C20H23N3O2. The number of nitriles is 1. The molecule has 5 heteroatoms. The van der Waals surface area contributed by atoms with Crippen LogP contribution < -0.4 is 5.73 Å². The molecule has 2 aromatic rings. The lowest BCUT2D eigenvalue weighted by Crippen LogP contribution is -2.33. The van der Waals surface area contributed by atoms with Crippen LogP contribution in [-0.4, -0.2) is 22.3 Å². The van der Waals surface area contributed by atoms with Crippen molar-refractivity contribution in [2.75, 3.05) is 12.3 Å². The highest BCUT2D eigenvalue weighted by Gasteiger charge is 2.32. The first-order chi connectivity index (χ1) is 11.8. The topological polar surface area (TPSA) is 92.2 Å². The molecule has 1 atom stereocenters. The van der Waals surface area contributed by atoms with Crippen LogP contribution in [0.4, 0.5) is 5.82 Å². The third kappa shape index (κ3) is 3.31. The quantitative estimate of drug-likeness (QED) is 0.867. The summed E-state index contributed by atoms with van der Waals surface area (Å²) >= 11 is 0. The molecule has 3 N–H and O–H groups in total. The second kappa shape index (κ2) is 6.38. The van der Waals surface area contributed by atoms with Crippen molar-refractivity contribution in [2.24, 2.45) is 0 Å². The largest absolute Gasteiger partial charge is 0.508 e. The number of rotatable bonds is 2. The van der Waals surface area contributed by atoms with Gasteiger partial charge in [-0.15, -0.1) is 0 Å². The van der Waals surface area contributed by atoms with Gasteiger partial charge in [0.05, 0.1) is 5.60 Å². The number of aromatic nitrogens is 1. The van der Waals surface area contributed by atoms with E-state index in [1.54, 1.807) is 18.2 Å². The molecule has 130 valence electrons. The van der Waals surface area contributed by atoms with Crippen LogP contribution in [0.3, 0.4) is 0 Å². The number of hydrogen-bond donors (Lipinski definition) is 2. The highest BCUT2D eigenvalue weighted by molar-refractivity contribution is 5.79. The maximum absolute atomic E-state index is 9.84. The number of phenolic OH excluding ortho intramolecular Hbond substituents is 1. The fourth-order valence-corrected chi connectivity index (χ4v) is 3.71. The van der Waals surface area contributed by atoms with Gasteiger partial charge in [0.15, 0.2) is 0 Å². The third-order valence-corrected chi connectivity index (χ3v) is 4.84. The second-order valence-corrected chi connectivity index (χ2v) is 7.22. The maximum Gasteiger partial charge on any atom is 0.142 e. The summed E-state index contributed by atoms with van der Waals surface area (Å²) in [6.07, 6.45) is 1.73. The van der Waals surface area contributed by atoms with Crippen molar-refractivity contribution in [2.45, 2.75) is 45.1 Å². The summed E-state index contributed by atoms with van der Waals surface area (Å²) < 4.78 is 5.82. The number of pyridine rings is 1. The Labute approximate surface area is 148 Å². The van der Waals surface area contributed by atoms with Crippen molar-refractivity contribution in [3.8, 4) is 22.9 Å².